The molecule has 0 saturated carbocycles. The maximum Gasteiger partial charge on any atom is 0.316 e. The van der Waals surface area contributed by atoms with Crippen LogP contribution in [0.25, 0.3) is 22.2 Å². The topological polar surface area (TPSA) is 90.2 Å². The van der Waals surface area contributed by atoms with E-state index in [0.717, 1.165) is 70.0 Å². The van der Waals surface area contributed by atoms with Gasteiger partial charge in [-0.1, -0.05) is 46.1 Å². The molecule has 0 N–H and O–H groups in total. The lowest BCUT2D eigenvalue weighted by Gasteiger charge is -2.30. The molecule has 4 aromatic rings. The van der Waals surface area contributed by atoms with E-state index < -0.39 is 16.7 Å². The highest BCUT2D eigenvalue weighted by atomic mass is 32.2. The maximum absolute atomic E-state index is 12.2. The van der Waals surface area contributed by atoms with Crippen molar-refractivity contribution in [3.8, 4) is 17.0 Å². The third kappa shape index (κ3) is 7.63. The Morgan fingerprint density at radius 2 is 1.66 bits per heavy atom. The minimum Gasteiger partial charge on any atom is -0.489 e. The number of amides is 1. The molecule has 1 aromatic heterocycles. The number of unbranched alkanes of at least 4 members (excludes halogenated alkanes) is 1. The van der Waals surface area contributed by atoms with Crippen LogP contribution in [0.3, 0.4) is 0 Å². The summed E-state index contributed by atoms with van der Waals surface area (Å²) < 4.78 is 26.0. The van der Waals surface area contributed by atoms with Gasteiger partial charge in [-0.25, -0.2) is 0 Å². The molecule has 0 spiro atoms. The summed E-state index contributed by atoms with van der Waals surface area (Å²) in [5, 5.41) is 3.64. The van der Waals surface area contributed by atoms with Crippen LogP contribution in [0, 0.1) is 4.91 Å². The molecular weight excluding hydrogens is 574 g/mol. The molecule has 8 nitrogen and oxygen atoms in total. The summed E-state index contributed by atoms with van der Waals surface area (Å²) in [6.07, 6.45) is 6.17. The number of aromatic nitrogens is 1. The van der Waals surface area contributed by atoms with Gasteiger partial charge in [-0.2, -0.15) is 0 Å². The van der Waals surface area contributed by atoms with Crippen LogP contribution < -0.4 is 9.64 Å². The van der Waals surface area contributed by atoms with Crippen LogP contribution in [-0.2, 0) is 35.6 Å². The zero-order chi connectivity index (χ0) is 31.6. The summed E-state index contributed by atoms with van der Waals surface area (Å²) in [4.78, 5) is 25.8. The van der Waals surface area contributed by atoms with E-state index in [9.17, 15) is 13.9 Å². The van der Waals surface area contributed by atoms with E-state index in [2.05, 4.69) is 35.4 Å². The first-order chi connectivity index (χ1) is 21.3. The van der Waals surface area contributed by atoms with E-state index in [4.69, 9.17) is 9.47 Å². The standard InChI is InChI=1S/C31H33N3O5S.C4H10/c1-4-5-27-26-12-8-22(31(35)32-36)19-29(26)33(2)30(27)21-6-9-24(10-7-21)39-20-23-18-25(40(3)37)11-13-28(23)34-14-16-38-17-15-34;1-3-4-2/h6-13,18-19H,4-5,14-17,20H2,1-3H3;3-4H2,1-2H3. The molecule has 3 aromatic carbocycles. The van der Waals surface area contributed by atoms with Crippen LogP contribution in [0.5, 0.6) is 5.75 Å². The first-order valence-corrected chi connectivity index (χ1v) is 16.9. The molecule has 44 heavy (non-hydrogen) atoms. The van der Waals surface area contributed by atoms with Gasteiger partial charge in [-0.05, 0) is 72.1 Å². The van der Waals surface area contributed by atoms with Crippen LogP contribution >= 0.6 is 0 Å². The molecule has 1 fully saturated rings. The molecule has 1 amide bonds. The number of morpholine rings is 1. The number of ether oxygens (including phenoxy) is 2. The molecule has 0 radical (unpaired) electrons. The van der Waals surface area contributed by atoms with Gasteiger partial charge in [0.25, 0.3) is 0 Å². The highest BCUT2D eigenvalue weighted by molar-refractivity contribution is 7.84. The van der Waals surface area contributed by atoms with Gasteiger partial charge in [0.2, 0.25) is 0 Å². The van der Waals surface area contributed by atoms with Gasteiger partial charge in [0.05, 0.1) is 18.9 Å². The summed E-state index contributed by atoms with van der Waals surface area (Å²) in [6.45, 7) is 9.84. The van der Waals surface area contributed by atoms with E-state index >= 15 is 0 Å². The predicted octanol–water partition coefficient (Wildman–Crippen LogP) is 7.66. The minimum atomic E-state index is -1.08. The third-order valence-electron chi connectivity index (χ3n) is 7.89. The van der Waals surface area contributed by atoms with Gasteiger partial charge in [-0.15, -0.1) is 4.91 Å². The van der Waals surface area contributed by atoms with Crippen LogP contribution in [0.15, 0.2) is 70.7 Å². The first kappa shape index (κ1) is 33.1. The summed E-state index contributed by atoms with van der Waals surface area (Å²) in [7, 11) is 0.890. The Labute approximate surface area is 262 Å². The van der Waals surface area contributed by atoms with E-state index in [0.29, 0.717) is 19.8 Å². The molecule has 0 bridgehead atoms. The van der Waals surface area contributed by atoms with Crippen LogP contribution in [0.2, 0.25) is 0 Å². The van der Waals surface area contributed by atoms with Crippen molar-refractivity contribution >= 4 is 33.3 Å². The third-order valence-corrected chi connectivity index (χ3v) is 8.81. The van der Waals surface area contributed by atoms with E-state index in [-0.39, 0.29) is 5.56 Å². The van der Waals surface area contributed by atoms with Crippen molar-refractivity contribution in [2.24, 2.45) is 12.2 Å². The molecule has 1 saturated heterocycles. The molecule has 0 aliphatic carbocycles. The average molecular weight is 618 g/mol. The van der Waals surface area contributed by atoms with E-state index in [1.54, 1.807) is 18.4 Å². The van der Waals surface area contributed by atoms with Crippen molar-refractivity contribution in [3.63, 3.8) is 0 Å². The smallest absolute Gasteiger partial charge is 0.316 e. The van der Waals surface area contributed by atoms with Gasteiger partial charge in [0.1, 0.15) is 12.4 Å². The van der Waals surface area contributed by atoms with Crippen molar-refractivity contribution in [1.29, 1.82) is 0 Å². The maximum atomic E-state index is 12.2. The van der Waals surface area contributed by atoms with Crippen LogP contribution in [0.4, 0.5) is 5.69 Å². The van der Waals surface area contributed by atoms with Crippen LogP contribution in [-0.4, -0.2) is 47.2 Å². The second-order valence-electron chi connectivity index (χ2n) is 10.9. The molecule has 1 aliphatic rings. The number of rotatable bonds is 10. The normalized spacial score (nSPS) is 13.7. The number of nitroso groups, excluding NO2 is 1. The van der Waals surface area contributed by atoms with Gasteiger partial charge in [-0.3, -0.25) is 9.00 Å². The number of carbonyl (C=O) groups excluding carboxylic acids is 1. The molecular formula is C35H43N3O5S. The summed E-state index contributed by atoms with van der Waals surface area (Å²) in [5.74, 6) is -0.0314. The second-order valence-corrected chi connectivity index (χ2v) is 12.3. The Morgan fingerprint density at radius 1 is 0.955 bits per heavy atom. The SMILES string of the molecule is CCCC.CCCc1c(-c2ccc(OCc3cc(S(C)=O)ccc3N3CCOCC3)cc2)n(C)c2cc(C(=O)N=O)ccc12. The first-order valence-electron chi connectivity index (χ1n) is 15.3. The van der Waals surface area contributed by atoms with Crippen molar-refractivity contribution < 1.29 is 18.5 Å². The fourth-order valence-corrected chi connectivity index (χ4v) is 5.98. The van der Waals surface area contributed by atoms with Crippen molar-refractivity contribution in [2.45, 2.75) is 58.0 Å². The highest BCUT2D eigenvalue weighted by Gasteiger charge is 2.19. The number of nitrogens with zero attached hydrogens (tertiary/aromatic N) is 3. The number of hydrogen-bond donors (Lipinski definition) is 0. The van der Waals surface area contributed by atoms with Crippen LogP contribution in [0.1, 0.15) is 61.5 Å². The zero-order valence-electron chi connectivity index (χ0n) is 26.4. The summed E-state index contributed by atoms with van der Waals surface area (Å²) >= 11 is 0. The van der Waals surface area contributed by atoms with Crippen molar-refractivity contribution in [3.05, 3.63) is 82.3 Å². The number of hydrogen-bond acceptors (Lipinski definition) is 6. The Hall–Kier alpha value is -3.82. The fourth-order valence-electron chi connectivity index (χ4n) is 5.41. The Morgan fingerprint density at radius 3 is 2.27 bits per heavy atom. The number of aryl methyl sites for hydroxylation is 2. The molecule has 9 heteroatoms. The second kappa shape index (κ2) is 15.8. The van der Waals surface area contributed by atoms with Crippen molar-refractivity contribution in [1.82, 2.24) is 4.57 Å². The summed E-state index contributed by atoms with van der Waals surface area (Å²) in [6, 6.07) is 19.3. The lowest BCUT2D eigenvalue weighted by Crippen LogP contribution is -2.36. The number of anilines is 1. The minimum absolute atomic E-state index is 0.286. The zero-order valence-corrected chi connectivity index (χ0v) is 27.2. The Balaban J connectivity index is 0.00000104. The van der Waals surface area contributed by atoms with E-state index in [1.165, 1.54) is 18.4 Å². The number of fused-ring (bicyclic) bond motifs is 1. The fraction of sp³-hybridized carbons (Fsp3) is 0.400. The number of carbonyl (C=O) groups is 1. The molecule has 2 heterocycles. The van der Waals surface area contributed by atoms with Gasteiger partial charge >= 0.3 is 5.91 Å². The highest BCUT2D eigenvalue weighted by Crippen LogP contribution is 2.35. The molecule has 1 aliphatic heterocycles. The molecule has 5 rings (SSSR count). The molecule has 1 atom stereocenters. The molecule has 234 valence electrons. The van der Waals surface area contributed by atoms with Crippen molar-refractivity contribution in [2.75, 3.05) is 37.5 Å². The predicted molar refractivity (Wildman–Crippen MR) is 179 cm³/mol. The summed E-state index contributed by atoms with van der Waals surface area (Å²) in [5.41, 5.74) is 6.55. The Kier molecular flexibility index (Phi) is 11.9. The van der Waals surface area contributed by atoms with Gasteiger partial charge in [0, 0.05) is 75.0 Å². The quantitative estimate of drug-likeness (QED) is 0.170. The lowest BCUT2D eigenvalue weighted by molar-refractivity contribution is 0.100. The average Bonchev–Trinajstić information content (AvgIpc) is 3.34. The number of benzene rings is 3. The van der Waals surface area contributed by atoms with Gasteiger partial charge < -0.3 is 18.9 Å². The monoisotopic (exact) mass is 617 g/mol. The lowest BCUT2D eigenvalue weighted by atomic mass is 10.0. The van der Waals surface area contributed by atoms with Gasteiger partial charge in [0.15, 0.2) is 0 Å². The van der Waals surface area contributed by atoms with E-state index in [1.807, 2.05) is 55.6 Å². The molecule has 1 unspecified atom stereocenters. The largest absolute Gasteiger partial charge is 0.489 e. The Bertz CT molecular complexity index is 1610.